The maximum atomic E-state index is 12.9. The van der Waals surface area contributed by atoms with E-state index in [9.17, 15) is 13.2 Å². The third-order valence-electron chi connectivity index (χ3n) is 3.52. The fourth-order valence-electron chi connectivity index (χ4n) is 2.32. The van der Waals surface area contributed by atoms with E-state index in [0.29, 0.717) is 21.9 Å². The topological polar surface area (TPSA) is 22.1 Å². The molecule has 128 valence electrons. The van der Waals surface area contributed by atoms with E-state index < -0.39 is 11.7 Å². The summed E-state index contributed by atoms with van der Waals surface area (Å²) in [4.78, 5) is 4.10. The molecule has 0 N–H and O–H groups in total. The highest BCUT2D eigenvalue weighted by Crippen LogP contribution is 2.32. The van der Waals surface area contributed by atoms with Crippen LogP contribution in [0, 0.1) is 0 Å². The fourth-order valence-corrected chi connectivity index (χ4v) is 2.50. The van der Waals surface area contributed by atoms with E-state index in [2.05, 4.69) is 4.98 Å². The first-order valence-electron chi connectivity index (χ1n) is 7.42. The Morgan fingerprint density at radius 2 is 1.72 bits per heavy atom. The van der Waals surface area contributed by atoms with Gasteiger partial charge in [0.05, 0.1) is 5.56 Å². The minimum Gasteiger partial charge on any atom is -0.489 e. The van der Waals surface area contributed by atoms with Gasteiger partial charge in [-0.25, -0.2) is 0 Å². The first-order chi connectivity index (χ1) is 11.9. The number of pyridine rings is 1. The second-order valence-corrected chi connectivity index (χ2v) is 5.84. The smallest absolute Gasteiger partial charge is 0.416 e. The predicted octanol–water partition coefficient (Wildman–Crippen LogP) is 6.00. The first kappa shape index (κ1) is 17.3. The minimum absolute atomic E-state index is 0.236. The van der Waals surface area contributed by atoms with Gasteiger partial charge in [-0.2, -0.15) is 13.2 Å². The molecule has 3 rings (SSSR count). The average Bonchev–Trinajstić information content (AvgIpc) is 2.60. The SMILES string of the molecule is FC(F)(F)c1cccc(-c2cncc(COc3cccc(Cl)c3)c2)c1. The molecule has 0 bridgehead atoms. The summed E-state index contributed by atoms with van der Waals surface area (Å²) in [5, 5.41) is 0.563. The number of rotatable bonds is 4. The van der Waals surface area contributed by atoms with Crippen molar-refractivity contribution >= 4 is 11.6 Å². The molecule has 1 heterocycles. The van der Waals surface area contributed by atoms with Crippen molar-refractivity contribution in [2.24, 2.45) is 0 Å². The Labute approximate surface area is 147 Å². The maximum Gasteiger partial charge on any atom is 0.416 e. The van der Waals surface area contributed by atoms with Gasteiger partial charge in [-0.15, -0.1) is 0 Å². The molecule has 3 aromatic rings. The standard InChI is InChI=1S/C19H13ClF3NO/c20-17-5-2-6-18(9-17)25-12-13-7-15(11-24-10-13)14-3-1-4-16(8-14)19(21,22)23/h1-11H,12H2. The lowest BCUT2D eigenvalue weighted by Gasteiger charge is -2.10. The highest BCUT2D eigenvalue weighted by atomic mass is 35.5. The predicted molar refractivity (Wildman–Crippen MR) is 90.5 cm³/mol. The van der Waals surface area contributed by atoms with E-state index in [1.54, 1.807) is 42.6 Å². The van der Waals surface area contributed by atoms with Gasteiger partial charge in [0.1, 0.15) is 12.4 Å². The molecule has 0 saturated heterocycles. The Bertz CT molecular complexity index is 880. The highest BCUT2D eigenvalue weighted by molar-refractivity contribution is 6.30. The van der Waals surface area contributed by atoms with Crippen molar-refractivity contribution < 1.29 is 17.9 Å². The molecular formula is C19H13ClF3NO. The van der Waals surface area contributed by atoms with Gasteiger partial charge < -0.3 is 4.74 Å². The molecule has 0 unspecified atom stereocenters. The number of halogens is 4. The van der Waals surface area contributed by atoms with Crippen LogP contribution in [0.5, 0.6) is 5.75 Å². The Morgan fingerprint density at radius 3 is 2.48 bits per heavy atom. The molecular weight excluding hydrogens is 351 g/mol. The van der Waals surface area contributed by atoms with E-state index in [0.717, 1.165) is 17.7 Å². The lowest BCUT2D eigenvalue weighted by Crippen LogP contribution is -2.04. The number of hydrogen-bond donors (Lipinski definition) is 0. The van der Waals surface area contributed by atoms with Gasteiger partial charge in [0, 0.05) is 28.5 Å². The number of nitrogens with zero attached hydrogens (tertiary/aromatic N) is 1. The molecule has 0 amide bonds. The van der Waals surface area contributed by atoms with E-state index in [4.69, 9.17) is 16.3 Å². The van der Waals surface area contributed by atoms with Gasteiger partial charge in [-0.1, -0.05) is 29.8 Å². The zero-order chi connectivity index (χ0) is 17.9. The minimum atomic E-state index is -4.38. The molecule has 1 aromatic heterocycles. The Kier molecular flexibility index (Phi) is 4.95. The third kappa shape index (κ3) is 4.51. The molecule has 0 aliphatic carbocycles. The van der Waals surface area contributed by atoms with Crippen molar-refractivity contribution in [2.45, 2.75) is 12.8 Å². The zero-order valence-corrected chi connectivity index (χ0v) is 13.7. The zero-order valence-electron chi connectivity index (χ0n) is 12.9. The Morgan fingerprint density at radius 1 is 0.920 bits per heavy atom. The van der Waals surface area contributed by atoms with E-state index >= 15 is 0 Å². The first-order valence-corrected chi connectivity index (χ1v) is 7.79. The van der Waals surface area contributed by atoms with E-state index in [1.165, 1.54) is 12.3 Å². The number of hydrogen-bond acceptors (Lipinski definition) is 2. The van der Waals surface area contributed by atoms with Crippen molar-refractivity contribution in [1.82, 2.24) is 4.98 Å². The molecule has 0 saturated carbocycles. The summed E-state index contributed by atoms with van der Waals surface area (Å²) in [5.74, 6) is 0.608. The quantitative estimate of drug-likeness (QED) is 0.567. The largest absolute Gasteiger partial charge is 0.489 e. The molecule has 6 heteroatoms. The summed E-state index contributed by atoms with van der Waals surface area (Å²) in [6, 6.07) is 13.9. The molecule has 25 heavy (non-hydrogen) atoms. The van der Waals surface area contributed by atoms with E-state index in [-0.39, 0.29) is 6.61 Å². The normalized spacial score (nSPS) is 11.4. The number of ether oxygens (including phenoxy) is 1. The van der Waals surface area contributed by atoms with Crippen LogP contribution in [0.3, 0.4) is 0 Å². The average molecular weight is 364 g/mol. The maximum absolute atomic E-state index is 12.9. The van der Waals surface area contributed by atoms with Gasteiger partial charge >= 0.3 is 6.18 Å². The summed E-state index contributed by atoms with van der Waals surface area (Å²) in [7, 11) is 0. The summed E-state index contributed by atoms with van der Waals surface area (Å²) >= 11 is 5.90. The van der Waals surface area contributed by atoms with Gasteiger partial charge in [0.2, 0.25) is 0 Å². The molecule has 2 aromatic carbocycles. The van der Waals surface area contributed by atoms with Crippen molar-refractivity contribution in [3.8, 4) is 16.9 Å². The summed E-state index contributed by atoms with van der Waals surface area (Å²) in [5.41, 5.74) is 1.10. The second kappa shape index (κ2) is 7.15. The van der Waals surface area contributed by atoms with Gasteiger partial charge in [-0.3, -0.25) is 4.98 Å². The molecule has 0 aliphatic heterocycles. The summed E-state index contributed by atoms with van der Waals surface area (Å²) in [6.45, 7) is 0.236. The Hall–Kier alpha value is -2.53. The molecule has 2 nitrogen and oxygen atoms in total. The van der Waals surface area contributed by atoms with Crippen molar-refractivity contribution in [3.63, 3.8) is 0 Å². The van der Waals surface area contributed by atoms with Gasteiger partial charge in [0.25, 0.3) is 0 Å². The van der Waals surface area contributed by atoms with Crippen molar-refractivity contribution in [3.05, 3.63) is 83.1 Å². The summed E-state index contributed by atoms with van der Waals surface area (Å²) < 4.78 is 44.2. The number of aromatic nitrogens is 1. The van der Waals surface area contributed by atoms with Gasteiger partial charge in [0.15, 0.2) is 0 Å². The lowest BCUT2D eigenvalue weighted by molar-refractivity contribution is -0.137. The highest BCUT2D eigenvalue weighted by Gasteiger charge is 2.30. The van der Waals surface area contributed by atoms with Crippen LogP contribution >= 0.6 is 11.6 Å². The fraction of sp³-hybridized carbons (Fsp3) is 0.105. The van der Waals surface area contributed by atoms with Crippen LogP contribution in [-0.2, 0) is 12.8 Å². The van der Waals surface area contributed by atoms with Crippen LogP contribution in [0.2, 0.25) is 5.02 Å². The lowest BCUT2D eigenvalue weighted by atomic mass is 10.0. The van der Waals surface area contributed by atoms with Crippen LogP contribution < -0.4 is 4.74 Å². The second-order valence-electron chi connectivity index (χ2n) is 5.41. The molecule has 0 atom stereocenters. The van der Waals surface area contributed by atoms with Crippen LogP contribution in [0.1, 0.15) is 11.1 Å². The van der Waals surface area contributed by atoms with Crippen molar-refractivity contribution in [2.75, 3.05) is 0 Å². The van der Waals surface area contributed by atoms with Crippen LogP contribution in [0.25, 0.3) is 11.1 Å². The molecule has 0 spiro atoms. The van der Waals surface area contributed by atoms with Crippen molar-refractivity contribution in [1.29, 1.82) is 0 Å². The molecule has 0 aliphatic rings. The number of benzene rings is 2. The Balaban J connectivity index is 1.80. The molecule has 0 radical (unpaired) electrons. The summed E-state index contributed by atoms with van der Waals surface area (Å²) in [6.07, 6.45) is -1.24. The van der Waals surface area contributed by atoms with E-state index in [1.807, 2.05) is 0 Å². The molecule has 0 fully saturated rings. The third-order valence-corrected chi connectivity index (χ3v) is 3.75. The van der Waals surface area contributed by atoms with Crippen LogP contribution in [-0.4, -0.2) is 4.98 Å². The number of alkyl halides is 3. The van der Waals surface area contributed by atoms with Gasteiger partial charge in [-0.05, 0) is 42.0 Å². The van der Waals surface area contributed by atoms with Crippen LogP contribution in [0.15, 0.2) is 67.0 Å². The van der Waals surface area contributed by atoms with Crippen LogP contribution in [0.4, 0.5) is 13.2 Å². The monoisotopic (exact) mass is 363 g/mol.